The van der Waals surface area contributed by atoms with Gasteiger partial charge in [-0.1, -0.05) is 23.7 Å². The summed E-state index contributed by atoms with van der Waals surface area (Å²) < 4.78 is 10.4. The fraction of sp³-hybridized carbons (Fsp3) is 0.300. The third-order valence-corrected chi connectivity index (χ3v) is 4.03. The molecule has 0 radical (unpaired) electrons. The van der Waals surface area contributed by atoms with Crippen molar-refractivity contribution in [1.82, 2.24) is 10.6 Å². The Morgan fingerprint density at radius 1 is 1.10 bits per heavy atom. The number of nitrogens with zero attached hydrogens (tertiary/aromatic N) is 1. The van der Waals surface area contributed by atoms with Crippen LogP contribution in [0.25, 0.3) is 0 Å². The monoisotopic (exact) mass is 532 g/mol. The molecular weight excluding hydrogens is 507 g/mol. The van der Waals surface area contributed by atoms with Crippen molar-refractivity contribution in [2.75, 3.05) is 26.0 Å². The predicted octanol–water partition coefficient (Wildman–Crippen LogP) is 4.27. The van der Waals surface area contributed by atoms with Crippen molar-refractivity contribution in [3.05, 3.63) is 59.1 Å². The predicted molar refractivity (Wildman–Crippen MR) is 128 cm³/mol. The third-order valence-electron chi connectivity index (χ3n) is 3.78. The molecule has 158 valence electrons. The third kappa shape index (κ3) is 9.23. The molecule has 0 bridgehead atoms. The zero-order valence-electron chi connectivity index (χ0n) is 16.6. The summed E-state index contributed by atoms with van der Waals surface area (Å²) in [7, 11) is 3.04. The summed E-state index contributed by atoms with van der Waals surface area (Å²) in [4.78, 5) is 15.4. The Morgan fingerprint density at radius 3 is 2.34 bits per heavy atom. The van der Waals surface area contributed by atoms with Crippen LogP contribution in [0, 0.1) is 0 Å². The summed E-state index contributed by atoms with van der Waals surface area (Å²) in [6, 6.07) is 14.7. The number of methoxy groups -OCH3 is 1. The Kier molecular flexibility index (Phi) is 11.2. The number of ether oxygens (including phenoxy) is 2. The number of aliphatic imine (C=N–C) groups is 1. The number of hydrogen-bond acceptors (Lipinski definition) is 4. The minimum Gasteiger partial charge on any atom is -0.489 e. The van der Waals surface area contributed by atoms with E-state index in [0.29, 0.717) is 29.8 Å². The maximum atomic E-state index is 11.2. The minimum absolute atomic E-state index is 0. The summed E-state index contributed by atoms with van der Waals surface area (Å²) in [5.41, 5.74) is 1.72. The van der Waals surface area contributed by atoms with Crippen LogP contribution in [0.1, 0.15) is 12.5 Å². The highest BCUT2D eigenvalue weighted by atomic mass is 127. The summed E-state index contributed by atoms with van der Waals surface area (Å²) >= 11 is 5.88. The summed E-state index contributed by atoms with van der Waals surface area (Å²) in [6.07, 6.45) is -0.547. The van der Waals surface area contributed by atoms with E-state index in [1.807, 2.05) is 43.3 Å². The minimum atomic E-state index is -0.495. The molecule has 0 aliphatic carbocycles. The molecule has 0 spiro atoms. The molecule has 7 nitrogen and oxygen atoms in total. The van der Waals surface area contributed by atoms with Crippen molar-refractivity contribution in [3.8, 4) is 5.75 Å². The number of amides is 1. The van der Waals surface area contributed by atoms with Gasteiger partial charge in [0.15, 0.2) is 5.96 Å². The number of benzene rings is 2. The van der Waals surface area contributed by atoms with Crippen LogP contribution in [0.3, 0.4) is 0 Å². The molecule has 0 fully saturated rings. The SMILES string of the molecule is CN=C(NCc1ccc(NC(=O)OC)cc1)NCC(C)Oc1ccc(Cl)cc1.I. The van der Waals surface area contributed by atoms with Gasteiger partial charge in [0.25, 0.3) is 0 Å². The highest BCUT2D eigenvalue weighted by Crippen LogP contribution is 2.16. The van der Waals surface area contributed by atoms with E-state index < -0.39 is 6.09 Å². The molecular formula is C20H26ClIN4O3. The Labute approximate surface area is 193 Å². The van der Waals surface area contributed by atoms with Crippen LogP contribution in [0.2, 0.25) is 5.02 Å². The van der Waals surface area contributed by atoms with E-state index in [0.717, 1.165) is 11.3 Å². The van der Waals surface area contributed by atoms with Crippen molar-refractivity contribution >= 4 is 53.3 Å². The van der Waals surface area contributed by atoms with E-state index in [4.69, 9.17) is 16.3 Å². The number of guanidine groups is 1. The number of nitrogens with one attached hydrogen (secondary N) is 3. The van der Waals surface area contributed by atoms with Crippen LogP contribution in [0.4, 0.5) is 10.5 Å². The zero-order chi connectivity index (χ0) is 20.4. The van der Waals surface area contributed by atoms with E-state index in [1.165, 1.54) is 7.11 Å². The average molecular weight is 533 g/mol. The second kappa shape index (κ2) is 13.1. The average Bonchev–Trinajstić information content (AvgIpc) is 2.71. The maximum Gasteiger partial charge on any atom is 0.411 e. The summed E-state index contributed by atoms with van der Waals surface area (Å²) in [6.45, 7) is 3.15. The first-order valence-electron chi connectivity index (χ1n) is 8.81. The summed E-state index contributed by atoms with van der Waals surface area (Å²) in [5, 5.41) is 9.76. The molecule has 9 heteroatoms. The standard InChI is InChI=1S/C20H25ClN4O3.HI/c1-14(28-18-10-6-16(21)7-11-18)12-23-19(22-2)24-13-15-4-8-17(9-5-15)25-20(26)27-3;/h4-11,14H,12-13H2,1-3H3,(H,25,26)(H2,22,23,24);1H. The lowest BCUT2D eigenvalue weighted by Crippen LogP contribution is -2.41. The van der Waals surface area contributed by atoms with Crippen molar-refractivity contribution in [2.45, 2.75) is 19.6 Å². The normalized spacial score (nSPS) is 11.7. The lowest BCUT2D eigenvalue weighted by Gasteiger charge is -2.18. The molecule has 0 aliphatic rings. The van der Waals surface area contributed by atoms with Crippen LogP contribution in [0.5, 0.6) is 5.75 Å². The molecule has 2 rings (SSSR count). The molecule has 0 saturated carbocycles. The molecule has 3 N–H and O–H groups in total. The molecule has 0 aromatic heterocycles. The first-order chi connectivity index (χ1) is 13.5. The lowest BCUT2D eigenvalue weighted by atomic mass is 10.2. The van der Waals surface area contributed by atoms with Gasteiger partial charge in [0, 0.05) is 24.3 Å². The van der Waals surface area contributed by atoms with Gasteiger partial charge in [-0.2, -0.15) is 0 Å². The Hall–Kier alpha value is -2.20. The van der Waals surface area contributed by atoms with E-state index in [-0.39, 0.29) is 30.1 Å². The van der Waals surface area contributed by atoms with Gasteiger partial charge in [0.2, 0.25) is 0 Å². The number of halogens is 2. The van der Waals surface area contributed by atoms with E-state index in [9.17, 15) is 4.79 Å². The van der Waals surface area contributed by atoms with Crippen molar-refractivity contribution in [1.29, 1.82) is 0 Å². The largest absolute Gasteiger partial charge is 0.489 e. The Bertz CT molecular complexity index is 785. The molecule has 29 heavy (non-hydrogen) atoms. The highest BCUT2D eigenvalue weighted by molar-refractivity contribution is 14.0. The Balaban J connectivity index is 0.00000420. The number of hydrogen-bond donors (Lipinski definition) is 3. The van der Waals surface area contributed by atoms with E-state index in [2.05, 4.69) is 25.7 Å². The van der Waals surface area contributed by atoms with Gasteiger partial charge in [-0.15, -0.1) is 24.0 Å². The molecule has 0 heterocycles. The topological polar surface area (TPSA) is 84.0 Å². The van der Waals surface area contributed by atoms with E-state index >= 15 is 0 Å². The number of carbonyl (C=O) groups is 1. The number of anilines is 1. The molecule has 0 aliphatic heterocycles. The van der Waals surface area contributed by atoms with Gasteiger partial charge in [-0.05, 0) is 48.9 Å². The van der Waals surface area contributed by atoms with Crippen LogP contribution in [0.15, 0.2) is 53.5 Å². The van der Waals surface area contributed by atoms with Gasteiger partial charge < -0.3 is 20.1 Å². The molecule has 2 aromatic rings. The molecule has 1 atom stereocenters. The number of carbonyl (C=O) groups excluding carboxylic acids is 1. The fourth-order valence-corrected chi connectivity index (χ4v) is 2.43. The van der Waals surface area contributed by atoms with Crippen LogP contribution in [-0.2, 0) is 11.3 Å². The van der Waals surface area contributed by atoms with Gasteiger partial charge in [0.05, 0.1) is 13.7 Å². The summed E-state index contributed by atoms with van der Waals surface area (Å²) in [5.74, 6) is 1.44. The van der Waals surface area contributed by atoms with Crippen LogP contribution < -0.4 is 20.7 Å². The molecule has 1 amide bonds. The van der Waals surface area contributed by atoms with Gasteiger partial charge >= 0.3 is 6.09 Å². The van der Waals surface area contributed by atoms with Crippen LogP contribution in [-0.4, -0.2) is 38.9 Å². The van der Waals surface area contributed by atoms with Gasteiger partial charge in [-0.3, -0.25) is 10.3 Å². The highest BCUT2D eigenvalue weighted by Gasteiger charge is 2.06. The van der Waals surface area contributed by atoms with Crippen molar-refractivity contribution in [2.24, 2.45) is 4.99 Å². The zero-order valence-corrected chi connectivity index (χ0v) is 19.7. The first kappa shape index (κ1) is 24.8. The van der Waals surface area contributed by atoms with Crippen LogP contribution >= 0.6 is 35.6 Å². The first-order valence-corrected chi connectivity index (χ1v) is 9.18. The molecule has 1 unspecified atom stereocenters. The smallest absolute Gasteiger partial charge is 0.411 e. The quantitative estimate of drug-likeness (QED) is 0.282. The van der Waals surface area contributed by atoms with Gasteiger partial charge in [0.1, 0.15) is 11.9 Å². The van der Waals surface area contributed by atoms with Gasteiger partial charge in [-0.25, -0.2) is 4.79 Å². The molecule has 2 aromatic carbocycles. The second-order valence-electron chi connectivity index (χ2n) is 6.00. The van der Waals surface area contributed by atoms with E-state index in [1.54, 1.807) is 19.2 Å². The lowest BCUT2D eigenvalue weighted by molar-refractivity contribution is 0.187. The fourth-order valence-electron chi connectivity index (χ4n) is 2.31. The second-order valence-corrected chi connectivity index (χ2v) is 6.44. The van der Waals surface area contributed by atoms with Crippen molar-refractivity contribution < 1.29 is 14.3 Å². The number of rotatable bonds is 7. The Morgan fingerprint density at radius 2 is 1.76 bits per heavy atom. The molecule has 0 saturated heterocycles. The van der Waals surface area contributed by atoms with Crippen molar-refractivity contribution in [3.63, 3.8) is 0 Å². The maximum absolute atomic E-state index is 11.2.